The molecule has 112 valence electrons. The molecule has 1 N–H and O–H groups in total. The van der Waals surface area contributed by atoms with E-state index in [4.69, 9.17) is 0 Å². The summed E-state index contributed by atoms with van der Waals surface area (Å²) in [6.45, 7) is 7.22. The predicted molar refractivity (Wildman–Crippen MR) is 95.9 cm³/mol. The van der Waals surface area contributed by atoms with Crippen LogP contribution in [0.2, 0.25) is 0 Å². The molecule has 1 heteroatoms. The minimum Gasteiger partial charge on any atom is -0.259 e. The van der Waals surface area contributed by atoms with Gasteiger partial charge in [0.25, 0.3) is 0 Å². The van der Waals surface area contributed by atoms with Gasteiger partial charge in [0.1, 0.15) is 6.04 Å². The highest BCUT2D eigenvalue weighted by Gasteiger charge is 1.98. The molecule has 1 unspecified atom stereocenters. The van der Waals surface area contributed by atoms with Crippen molar-refractivity contribution in [1.29, 1.82) is 0 Å². The minimum atomic E-state index is 0.744. The van der Waals surface area contributed by atoms with E-state index in [9.17, 15) is 0 Å². The van der Waals surface area contributed by atoms with Crippen molar-refractivity contribution in [3.63, 3.8) is 0 Å². The summed E-state index contributed by atoms with van der Waals surface area (Å²) in [6, 6.07) is 3.03. The van der Waals surface area contributed by atoms with Crippen LogP contribution in [0.5, 0.6) is 0 Å². The number of quaternary nitrogens is 1. The van der Waals surface area contributed by atoms with Gasteiger partial charge < -0.3 is 0 Å². The molecule has 0 heterocycles. The van der Waals surface area contributed by atoms with Gasteiger partial charge in [0, 0.05) is 29.6 Å². The van der Waals surface area contributed by atoms with Crippen molar-refractivity contribution >= 4 is 0 Å². The predicted octanol–water partition coefficient (Wildman–Crippen LogP) is 0.938. The lowest BCUT2D eigenvalue weighted by Gasteiger charge is -2.05. The highest BCUT2D eigenvalue weighted by molar-refractivity contribution is 5.44. The lowest BCUT2D eigenvalue weighted by atomic mass is 10.1. The van der Waals surface area contributed by atoms with E-state index in [2.05, 4.69) is 96.9 Å². The molecule has 0 bridgehead atoms. The van der Waals surface area contributed by atoms with E-state index in [1.54, 1.807) is 6.92 Å². The number of hydrogen-bond donors (Lipinski definition) is 1. The summed E-state index contributed by atoms with van der Waals surface area (Å²) >= 11 is 0. The summed E-state index contributed by atoms with van der Waals surface area (Å²) in [5.74, 6) is 34.6. The molecule has 0 amide bonds. The summed E-state index contributed by atoms with van der Waals surface area (Å²) in [4.78, 5) is 1.16. The van der Waals surface area contributed by atoms with Gasteiger partial charge in [-0.2, -0.15) is 0 Å². The Labute approximate surface area is 141 Å². The van der Waals surface area contributed by atoms with Crippen LogP contribution < -0.4 is 4.90 Å². The number of rotatable bonds is 4. The largest absolute Gasteiger partial charge is 0.259 e. The van der Waals surface area contributed by atoms with Crippen LogP contribution >= 0.6 is 0 Å². The van der Waals surface area contributed by atoms with Crippen LogP contribution in [0.25, 0.3) is 0 Å². The zero-order valence-electron chi connectivity index (χ0n) is 14.2. The summed E-state index contributed by atoms with van der Waals surface area (Å²) in [6.07, 6.45) is 2.41. The van der Waals surface area contributed by atoms with Crippen molar-refractivity contribution in [2.24, 2.45) is 5.92 Å². The second kappa shape index (κ2) is 15.3. The zero-order valence-corrected chi connectivity index (χ0v) is 14.2. The molecule has 1 nitrogen and oxygen atoms in total. The molecule has 23 heavy (non-hydrogen) atoms. The van der Waals surface area contributed by atoms with Gasteiger partial charge in [-0.1, -0.05) is 19.8 Å². The molecule has 0 saturated heterocycles. The van der Waals surface area contributed by atoms with Gasteiger partial charge in [-0.15, -0.1) is 0 Å². The maximum atomic E-state index is 3.03. The van der Waals surface area contributed by atoms with Crippen molar-refractivity contribution < 1.29 is 4.90 Å². The van der Waals surface area contributed by atoms with E-state index in [1.807, 2.05) is 7.05 Å². The molecule has 0 aromatic rings. The van der Waals surface area contributed by atoms with E-state index in [-0.39, 0.29) is 0 Å². The topological polar surface area (TPSA) is 4.44 Å². The quantitative estimate of drug-likeness (QED) is 0.737. The average molecular weight is 298 g/mol. The molecule has 0 saturated carbocycles. The van der Waals surface area contributed by atoms with E-state index < -0.39 is 0 Å². The second-order valence-corrected chi connectivity index (χ2v) is 4.94. The van der Waals surface area contributed by atoms with Gasteiger partial charge in [-0.25, -0.2) is 0 Å². The molecule has 0 rings (SSSR count). The van der Waals surface area contributed by atoms with Gasteiger partial charge in [0.15, 0.2) is 0 Å². The van der Waals surface area contributed by atoms with Crippen LogP contribution in [0.1, 0.15) is 33.6 Å². The van der Waals surface area contributed by atoms with E-state index in [0.717, 1.165) is 17.4 Å². The summed E-state index contributed by atoms with van der Waals surface area (Å²) in [5.41, 5.74) is 0. The van der Waals surface area contributed by atoms with Gasteiger partial charge in [0.2, 0.25) is 0 Å². The third-order valence-electron chi connectivity index (χ3n) is 2.42. The lowest BCUT2D eigenvalue weighted by Crippen LogP contribution is -3.04. The first-order valence-electron chi connectivity index (χ1n) is 7.42. The summed E-state index contributed by atoms with van der Waals surface area (Å²) in [7, 11) is 2.04. The normalized spacial score (nSPS) is 8.04. The average Bonchev–Trinajstić information content (AvgIpc) is 2.51. The molecular weight excluding hydrogens is 278 g/mol. The SMILES string of the molecule is CC#CC#CC#CC#CC#CC#CC#C[NH+](C)CCCC(C)C. The number of nitrogens with one attached hydrogen (secondary N) is 1. The Balaban J connectivity index is 4.19. The third-order valence-corrected chi connectivity index (χ3v) is 2.42. The van der Waals surface area contributed by atoms with Crippen LogP contribution in [0, 0.1) is 88.9 Å². The van der Waals surface area contributed by atoms with E-state index >= 15 is 0 Å². The first kappa shape index (κ1) is 19.9. The standard InChI is InChI=1S/C22H19N/c1-5-6-7-8-9-10-11-12-13-14-15-16-17-20-23(4)21-18-19-22(2)3/h22H,18-19,21H2,1-4H3/p+1. The second-order valence-electron chi connectivity index (χ2n) is 4.94. The molecule has 0 fully saturated rings. The molecule has 0 aromatic carbocycles. The molecule has 0 radical (unpaired) electrons. The van der Waals surface area contributed by atoms with Crippen molar-refractivity contribution in [1.82, 2.24) is 0 Å². The fourth-order valence-electron chi connectivity index (χ4n) is 1.35. The first-order valence-corrected chi connectivity index (χ1v) is 7.42. The van der Waals surface area contributed by atoms with Crippen LogP contribution in [0.3, 0.4) is 0 Å². The van der Waals surface area contributed by atoms with Crippen LogP contribution in [0.15, 0.2) is 0 Å². The summed E-state index contributed by atoms with van der Waals surface area (Å²) in [5, 5.41) is 0. The zero-order chi connectivity index (χ0) is 17.2. The third kappa shape index (κ3) is 16.8. The van der Waals surface area contributed by atoms with Gasteiger partial charge >= 0.3 is 0 Å². The molecule has 0 aliphatic carbocycles. The van der Waals surface area contributed by atoms with Crippen LogP contribution in [-0.2, 0) is 0 Å². The van der Waals surface area contributed by atoms with Crippen LogP contribution in [0.4, 0.5) is 0 Å². The Bertz CT molecular complexity index is 793. The Morgan fingerprint density at radius 2 is 1.13 bits per heavy atom. The monoisotopic (exact) mass is 298 g/mol. The highest BCUT2D eigenvalue weighted by Crippen LogP contribution is 2.00. The maximum absolute atomic E-state index is 3.03. The maximum Gasteiger partial charge on any atom is 0.149 e. The van der Waals surface area contributed by atoms with E-state index in [0.29, 0.717) is 0 Å². The fourth-order valence-corrected chi connectivity index (χ4v) is 1.35. The van der Waals surface area contributed by atoms with Gasteiger partial charge in [-0.3, -0.25) is 4.90 Å². The number of hydrogen-bond acceptors (Lipinski definition) is 0. The highest BCUT2D eigenvalue weighted by atomic mass is 15.1. The Kier molecular flexibility index (Phi) is 13.2. The molecule has 0 spiro atoms. The molecule has 0 aromatic heterocycles. The van der Waals surface area contributed by atoms with Crippen molar-refractivity contribution in [2.45, 2.75) is 33.6 Å². The van der Waals surface area contributed by atoms with Crippen molar-refractivity contribution in [3.8, 4) is 83.0 Å². The van der Waals surface area contributed by atoms with Gasteiger partial charge in [-0.05, 0) is 61.2 Å². The van der Waals surface area contributed by atoms with Crippen molar-refractivity contribution in [2.75, 3.05) is 13.6 Å². The first-order chi connectivity index (χ1) is 11.2. The molecular formula is C22H20N+. The smallest absolute Gasteiger partial charge is 0.149 e. The van der Waals surface area contributed by atoms with E-state index in [1.165, 1.54) is 12.8 Å². The Morgan fingerprint density at radius 1 is 0.696 bits per heavy atom. The Morgan fingerprint density at radius 3 is 1.57 bits per heavy atom. The van der Waals surface area contributed by atoms with Crippen LogP contribution in [-0.4, -0.2) is 13.6 Å². The summed E-state index contributed by atoms with van der Waals surface area (Å²) < 4.78 is 0. The molecule has 0 aliphatic rings. The Hall–Kier alpha value is -3.12. The molecule has 0 aliphatic heterocycles. The lowest BCUT2D eigenvalue weighted by molar-refractivity contribution is -0.807. The molecule has 1 atom stereocenters. The van der Waals surface area contributed by atoms with Gasteiger partial charge in [0.05, 0.1) is 19.5 Å². The van der Waals surface area contributed by atoms with Crippen molar-refractivity contribution in [3.05, 3.63) is 0 Å². The fraction of sp³-hybridized carbons (Fsp3) is 0.364. The minimum absolute atomic E-state index is 0.744.